The highest BCUT2D eigenvalue weighted by atomic mass is 16.5. The molecule has 23 heavy (non-hydrogen) atoms. The summed E-state index contributed by atoms with van der Waals surface area (Å²) >= 11 is 0. The molecule has 0 atom stereocenters. The van der Waals surface area contributed by atoms with Crippen molar-refractivity contribution in [3.63, 3.8) is 0 Å². The average molecular weight is 321 g/mol. The van der Waals surface area contributed by atoms with Crippen molar-refractivity contribution in [2.45, 2.75) is 6.92 Å². The van der Waals surface area contributed by atoms with Crippen molar-refractivity contribution in [3.05, 3.63) is 23.8 Å². The quantitative estimate of drug-likeness (QED) is 0.768. The minimum atomic E-state index is -0.662. The van der Waals surface area contributed by atoms with E-state index in [4.69, 9.17) is 9.84 Å². The molecule has 0 radical (unpaired) electrons. The Morgan fingerprint density at radius 2 is 1.96 bits per heavy atom. The number of carbonyl (C=O) groups is 2. The van der Waals surface area contributed by atoms with Gasteiger partial charge >= 0.3 is 11.8 Å². The predicted octanol–water partition coefficient (Wildman–Crippen LogP) is 0.0786. The van der Waals surface area contributed by atoms with Crippen LogP contribution in [0.1, 0.15) is 5.56 Å². The van der Waals surface area contributed by atoms with E-state index in [0.717, 1.165) is 5.56 Å². The number of benzene rings is 1. The number of hydrogen-bond donors (Lipinski definition) is 2. The van der Waals surface area contributed by atoms with Gasteiger partial charge in [0.25, 0.3) is 0 Å². The van der Waals surface area contributed by atoms with Crippen molar-refractivity contribution in [2.75, 3.05) is 51.8 Å². The summed E-state index contributed by atoms with van der Waals surface area (Å²) in [5.74, 6) is -0.689. The molecule has 2 rings (SSSR count). The minimum absolute atomic E-state index is 0.0988. The predicted molar refractivity (Wildman–Crippen MR) is 86.5 cm³/mol. The van der Waals surface area contributed by atoms with E-state index in [0.29, 0.717) is 44.2 Å². The summed E-state index contributed by atoms with van der Waals surface area (Å²) in [6, 6.07) is 5.39. The molecule has 0 spiro atoms. The molecule has 0 aromatic heterocycles. The number of anilines is 1. The number of aryl methyl sites for hydroxylation is 1. The van der Waals surface area contributed by atoms with E-state index in [-0.39, 0.29) is 6.61 Å². The van der Waals surface area contributed by atoms with Gasteiger partial charge in [-0.1, -0.05) is 6.07 Å². The highest BCUT2D eigenvalue weighted by Gasteiger charge is 2.26. The number of nitrogens with one attached hydrogen (secondary N) is 1. The zero-order chi connectivity index (χ0) is 16.8. The minimum Gasteiger partial charge on any atom is -0.495 e. The summed E-state index contributed by atoms with van der Waals surface area (Å²) in [4.78, 5) is 28.0. The molecule has 0 unspecified atom stereocenters. The van der Waals surface area contributed by atoms with E-state index in [1.807, 2.05) is 13.0 Å². The second-order valence-electron chi connectivity index (χ2n) is 5.52. The fourth-order valence-electron chi connectivity index (χ4n) is 2.55. The summed E-state index contributed by atoms with van der Waals surface area (Å²) in [5.41, 5.74) is 1.45. The molecular formula is C16H23N3O4. The van der Waals surface area contributed by atoms with Gasteiger partial charge in [-0.15, -0.1) is 0 Å². The van der Waals surface area contributed by atoms with Gasteiger partial charge in [0.2, 0.25) is 0 Å². The molecule has 1 heterocycles. The molecule has 0 saturated carbocycles. The van der Waals surface area contributed by atoms with Crippen LogP contribution in [0, 0.1) is 6.92 Å². The Morgan fingerprint density at radius 1 is 1.26 bits per heavy atom. The SMILES string of the molecule is COc1ccc(C)cc1NC(=O)C(=O)N1CCN(CCO)CC1. The normalized spacial score (nSPS) is 15.3. The number of β-amino-alcohol motifs (C(OH)–C–C–N with tert-alkyl or cyclic N) is 1. The number of piperazine rings is 1. The molecular weight excluding hydrogens is 298 g/mol. The topological polar surface area (TPSA) is 82.1 Å². The molecule has 1 aromatic rings. The molecule has 7 heteroatoms. The van der Waals surface area contributed by atoms with Crippen LogP contribution in [0.3, 0.4) is 0 Å². The lowest BCUT2D eigenvalue weighted by atomic mass is 10.2. The maximum absolute atomic E-state index is 12.3. The van der Waals surface area contributed by atoms with E-state index in [2.05, 4.69) is 10.2 Å². The zero-order valence-electron chi connectivity index (χ0n) is 13.5. The fraction of sp³-hybridized carbons (Fsp3) is 0.500. The molecule has 1 saturated heterocycles. The number of rotatable bonds is 4. The van der Waals surface area contributed by atoms with E-state index < -0.39 is 11.8 Å². The van der Waals surface area contributed by atoms with E-state index >= 15 is 0 Å². The number of aliphatic hydroxyl groups is 1. The van der Waals surface area contributed by atoms with Gasteiger partial charge in [-0.25, -0.2) is 0 Å². The van der Waals surface area contributed by atoms with Crippen LogP contribution in [0.15, 0.2) is 18.2 Å². The smallest absolute Gasteiger partial charge is 0.314 e. The first-order valence-corrected chi connectivity index (χ1v) is 7.63. The van der Waals surface area contributed by atoms with E-state index in [1.54, 1.807) is 12.1 Å². The molecule has 7 nitrogen and oxygen atoms in total. The molecule has 1 aromatic carbocycles. The Kier molecular flexibility index (Phi) is 5.95. The third-order valence-corrected chi connectivity index (χ3v) is 3.87. The molecule has 0 bridgehead atoms. The van der Waals surface area contributed by atoms with Crippen molar-refractivity contribution in [3.8, 4) is 5.75 Å². The lowest BCUT2D eigenvalue weighted by Crippen LogP contribution is -2.52. The van der Waals surface area contributed by atoms with Gasteiger partial charge in [0.1, 0.15) is 5.75 Å². The van der Waals surface area contributed by atoms with Gasteiger partial charge in [-0.05, 0) is 24.6 Å². The average Bonchev–Trinajstić information content (AvgIpc) is 2.55. The largest absolute Gasteiger partial charge is 0.495 e. The number of ether oxygens (including phenoxy) is 1. The Bertz CT molecular complexity index is 568. The van der Waals surface area contributed by atoms with Crippen LogP contribution in [0.25, 0.3) is 0 Å². The van der Waals surface area contributed by atoms with Gasteiger partial charge in [0, 0.05) is 32.7 Å². The highest BCUT2D eigenvalue weighted by molar-refractivity contribution is 6.39. The van der Waals surface area contributed by atoms with Crippen molar-refractivity contribution in [1.29, 1.82) is 0 Å². The van der Waals surface area contributed by atoms with Crippen LogP contribution in [0.4, 0.5) is 5.69 Å². The maximum atomic E-state index is 12.3. The Balaban J connectivity index is 1.96. The Morgan fingerprint density at radius 3 is 2.57 bits per heavy atom. The van der Waals surface area contributed by atoms with E-state index in [1.165, 1.54) is 12.0 Å². The van der Waals surface area contributed by atoms with Crippen molar-refractivity contribution in [2.24, 2.45) is 0 Å². The summed E-state index contributed by atoms with van der Waals surface area (Å²) in [5, 5.41) is 11.5. The van der Waals surface area contributed by atoms with E-state index in [9.17, 15) is 9.59 Å². The van der Waals surface area contributed by atoms with Crippen LogP contribution in [-0.2, 0) is 9.59 Å². The zero-order valence-corrected chi connectivity index (χ0v) is 13.5. The summed E-state index contributed by atoms with van der Waals surface area (Å²) < 4.78 is 5.20. The molecule has 2 N–H and O–H groups in total. The lowest BCUT2D eigenvalue weighted by molar-refractivity contribution is -0.144. The molecule has 1 fully saturated rings. The van der Waals surface area contributed by atoms with Crippen molar-refractivity contribution < 1.29 is 19.4 Å². The maximum Gasteiger partial charge on any atom is 0.314 e. The Hall–Kier alpha value is -2.12. The molecule has 126 valence electrons. The first-order valence-electron chi connectivity index (χ1n) is 7.63. The van der Waals surface area contributed by atoms with Crippen LogP contribution < -0.4 is 10.1 Å². The lowest BCUT2D eigenvalue weighted by Gasteiger charge is -2.33. The first-order chi connectivity index (χ1) is 11.0. The second-order valence-corrected chi connectivity index (χ2v) is 5.52. The first kappa shape index (κ1) is 17.2. The summed E-state index contributed by atoms with van der Waals surface area (Å²) in [6.45, 7) is 4.88. The van der Waals surface area contributed by atoms with Crippen LogP contribution in [0.5, 0.6) is 5.75 Å². The molecule has 1 aliphatic rings. The number of carbonyl (C=O) groups excluding carboxylic acids is 2. The summed E-state index contributed by atoms with van der Waals surface area (Å²) in [6.07, 6.45) is 0. The number of nitrogens with zero attached hydrogens (tertiary/aromatic N) is 2. The van der Waals surface area contributed by atoms with Gasteiger partial charge in [-0.2, -0.15) is 0 Å². The van der Waals surface area contributed by atoms with Gasteiger partial charge in [-0.3, -0.25) is 14.5 Å². The number of methoxy groups -OCH3 is 1. The van der Waals surface area contributed by atoms with Crippen molar-refractivity contribution >= 4 is 17.5 Å². The molecule has 0 aliphatic carbocycles. The summed E-state index contributed by atoms with van der Waals surface area (Å²) in [7, 11) is 1.52. The second kappa shape index (κ2) is 7.94. The highest BCUT2D eigenvalue weighted by Crippen LogP contribution is 2.25. The number of hydrogen-bond acceptors (Lipinski definition) is 5. The third-order valence-electron chi connectivity index (χ3n) is 3.87. The van der Waals surface area contributed by atoms with Gasteiger partial charge in [0.05, 0.1) is 19.4 Å². The van der Waals surface area contributed by atoms with Gasteiger partial charge in [0.15, 0.2) is 0 Å². The van der Waals surface area contributed by atoms with Crippen molar-refractivity contribution in [1.82, 2.24) is 9.80 Å². The standard InChI is InChI=1S/C16H23N3O4/c1-12-3-4-14(23-2)13(11-12)17-15(21)16(22)19-7-5-18(6-8-19)9-10-20/h3-4,11,20H,5-10H2,1-2H3,(H,17,21). The third kappa shape index (κ3) is 4.43. The number of aliphatic hydroxyl groups excluding tert-OH is 1. The van der Waals surface area contributed by atoms with Crippen LogP contribution in [0.2, 0.25) is 0 Å². The Labute approximate surface area is 135 Å². The fourth-order valence-corrected chi connectivity index (χ4v) is 2.55. The molecule has 2 amide bonds. The van der Waals surface area contributed by atoms with Gasteiger partial charge < -0.3 is 20.1 Å². The van der Waals surface area contributed by atoms with Crippen LogP contribution in [-0.4, -0.2) is 73.2 Å². The number of amides is 2. The van der Waals surface area contributed by atoms with Crippen LogP contribution >= 0.6 is 0 Å². The molecule has 1 aliphatic heterocycles. The monoisotopic (exact) mass is 321 g/mol.